The first-order chi connectivity index (χ1) is 6.29. The molecule has 74 valence electrons. The molecule has 1 saturated carbocycles. The lowest BCUT2D eigenvalue weighted by Crippen LogP contribution is -2.49. The SMILES string of the molecule is NC1CCCCN(C2CCC2)C1=O. The van der Waals surface area contributed by atoms with Crippen molar-refractivity contribution in [3.05, 3.63) is 0 Å². The topological polar surface area (TPSA) is 46.3 Å². The highest BCUT2D eigenvalue weighted by atomic mass is 16.2. The number of likely N-dealkylation sites (tertiary alicyclic amines) is 1. The molecule has 1 atom stereocenters. The van der Waals surface area contributed by atoms with E-state index < -0.39 is 0 Å². The van der Waals surface area contributed by atoms with Crippen LogP contribution < -0.4 is 5.73 Å². The number of carbonyl (C=O) groups excluding carboxylic acids is 1. The molecule has 0 spiro atoms. The van der Waals surface area contributed by atoms with Crippen LogP contribution in [-0.4, -0.2) is 29.4 Å². The van der Waals surface area contributed by atoms with E-state index in [2.05, 4.69) is 0 Å². The third-order valence-corrected chi connectivity index (χ3v) is 3.28. The molecular weight excluding hydrogens is 164 g/mol. The Balaban J connectivity index is 2.01. The van der Waals surface area contributed by atoms with Crippen LogP contribution in [0.25, 0.3) is 0 Å². The van der Waals surface area contributed by atoms with Gasteiger partial charge in [-0.2, -0.15) is 0 Å². The third kappa shape index (κ3) is 1.70. The highest BCUT2D eigenvalue weighted by Crippen LogP contribution is 2.27. The fraction of sp³-hybridized carbons (Fsp3) is 0.900. The summed E-state index contributed by atoms with van der Waals surface area (Å²) < 4.78 is 0. The minimum atomic E-state index is -0.219. The van der Waals surface area contributed by atoms with Gasteiger partial charge in [0, 0.05) is 12.6 Å². The first kappa shape index (κ1) is 9.00. The first-order valence-corrected chi connectivity index (χ1v) is 5.35. The molecule has 0 aromatic carbocycles. The molecule has 1 unspecified atom stereocenters. The second-order valence-corrected chi connectivity index (χ2v) is 4.22. The third-order valence-electron chi connectivity index (χ3n) is 3.28. The van der Waals surface area contributed by atoms with E-state index in [4.69, 9.17) is 5.73 Å². The molecule has 0 aromatic rings. The molecule has 1 saturated heterocycles. The Bertz CT molecular complexity index is 201. The summed E-state index contributed by atoms with van der Waals surface area (Å²) in [6, 6.07) is 0.305. The van der Waals surface area contributed by atoms with Gasteiger partial charge in [-0.3, -0.25) is 4.79 Å². The van der Waals surface area contributed by atoms with Crippen molar-refractivity contribution in [2.24, 2.45) is 5.73 Å². The standard InChI is InChI=1S/C10H18N2O/c11-9-6-1-2-7-12(10(9)13)8-4-3-5-8/h8-9H,1-7,11H2. The summed E-state index contributed by atoms with van der Waals surface area (Å²) in [4.78, 5) is 13.8. The number of hydrogen-bond donors (Lipinski definition) is 1. The minimum absolute atomic E-state index is 0.196. The average Bonchev–Trinajstić information content (AvgIpc) is 2.17. The van der Waals surface area contributed by atoms with E-state index >= 15 is 0 Å². The van der Waals surface area contributed by atoms with Gasteiger partial charge in [-0.15, -0.1) is 0 Å². The molecule has 2 aliphatic rings. The molecule has 1 aliphatic carbocycles. The molecule has 2 rings (SSSR count). The zero-order valence-electron chi connectivity index (χ0n) is 8.04. The Morgan fingerprint density at radius 2 is 1.92 bits per heavy atom. The van der Waals surface area contributed by atoms with E-state index in [1.165, 1.54) is 19.3 Å². The van der Waals surface area contributed by atoms with Gasteiger partial charge in [0.25, 0.3) is 0 Å². The Morgan fingerprint density at radius 1 is 1.15 bits per heavy atom. The van der Waals surface area contributed by atoms with Crippen LogP contribution in [0.1, 0.15) is 38.5 Å². The molecule has 0 bridgehead atoms. The highest BCUT2D eigenvalue weighted by molar-refractivity contribution is 5.82. The number of hydrogen-bond acceptors (Lipinski definition) is 2. The molecule has 0 radical (unpaired) electrons. The molecule has 2 fully saturated rings. The van der Waals surface area contributed by atoms with E-state index in [0.29, 0.717) is 6.04 Å². The molecule has 3 nitrogen and oxygen atoms in total. The van der Waals surface area contributed by atoms with Gasteiger partial charge >= 0.3 is 0 Å². The fourth-order valence-electron chi connectivity index (χ4n) is 2.15. The van der Waals surface area contributed by atoms with Crippen LogP contribution in [-0.2, 0) is 4.79 Å². The van der Waals surface area contributed by atoms with Crippen molar-refractivity contribution in [1.29, 1.82) is 0 Å². The van der Waals surface area contributed by atoms with E-state index in [1.807, 2.05) is 4.90 Å². The number of rotatable bonds is 1. The van der Waals surface area contributed by atoms with Crippen molar-refractivity contribution in [2.45, 2.75) is 50.6 Å². The van der Waals surface area contributed by atoms with E-state index in [9.17, 15) is 4.79 Å². The normalized spacial score (nSPS) is 31.3. The van der Waals surface area contributed by atoms with E-state index in [1.54, 1.807) is 0 Å². The summed E-state index contributed by atoms with van der Waals surface area (Å²) in [5, 5.41) is 0. The van der Waals surface area contributed by atoms with Crippen LogP contribution in [0.3, 0.4) is 0 Å². The lowest BCUT2D eigenvalue weighted by molar-refractivity contribution is -0.136. The monoisotopic (exact) mass is 182 g/mol. The molecule has 13 heavy (non-hydrogen) atoms. The molecular formula is C10H18N2O. The number of nitrogens with two attached hydrogens (primary N) is 1. The van der Waals surface area contributed by atoms with Gasteiger partial charge < -0.3 is 10.6 Å². The summed E-state index contributed by atoms with van der Waals surface area (Å²) in [5.74, 6) is 0.196. The lowest BCUT2D eigenvalue weighted by atomic mass is 9.91. The maximum absolute atomic E-state index is 11.8. The van der Waals surface area contributed by atoms with Crippen molar-refractivity contribution in [1.82, 2.24) is 4.90 Å². The number of carbonyl (C=O) groups is 1. The molecule has 1 aliphatic heterocycles. The van der Waals surface area contributed by atoms with E-state index in [-0.39, 0.29) is 11.9 Å². The Kier molecular flexibility index (Phi) is 2.54. The second kappa shape index (κ2) is 3.66. The molecule has 0 aromatic heterocycles. The maximum Gasteiger partial charge on any atom is 0.239 e. The van der Waals surface area contributed by atoms with Crippen molar-refractivity contribution < 1.29 is 4.79 Å². The van der Waals surface area contributed by atoms with Crippen LogP contribution in [0, 0.1) is 0 Å². The van der Waals surface area contributed by atoms with Crippen molar-refractivity contribution in [3.8, 4) is 0 Å². The highest BCUT2D eigenvalue weighted by Gasteiger charge is 2.32. The smallest absolute Gasteiger partial charge is 0.239 e. The molecule has 1 amide bonds. The Morgan fingerprint density at radius 3 is 2.54 bits per heavy atom. The summed E-state index contributed by atoms with van der Waals surface area (Å²) in [6.45, 7) is 0.942. The van der Waals surface area contributed by atoms with Crippen LogP contribution in [0.4, 0.5) is 0 Å². The Hall–Kier alpha value is -0.570. The molecule has 2 N–H and O–H groups in total. The second-order valence-electron chi connectivity index (χ2n) is 4.22. The summed E-state index contributed by atoms with van der Waals surface area (Å²) >= 11 is 0. The lowest BCUT2D eigenvalue weighted by Gasteiger charge is -2.37. The quantitative estimate of drug-likeness (QED) is 0.654. The van der Waals surface area contributed by atoms with Crippen molar-refractivity contribution >= 4 is 5.91 Å². The van der Waals surface area contributed by atoms with Crippen LogP contribution in [0.15, 0.2) is 0 Å². The van der Waals surface area contributed by atoms with Gasteiger partial charge in [0.2, 0.25) is 5.91 Å². The number of amides is 1. The van der Waals surface area contributed by atoms with Gasteiger partial charge in [0.1, 0.15) is 0 Å². The van der Waals surface area contributed by atoms with Gasteiger partial charge in [0.05, 0.1) is 6.04 Å². The summed E-state index contributed by atoms with van der Waals surface area (Å²) in [5.41, 5.74) is 5.79. The summed E-state index contributed by atoms with van der Waals surface area (Å²) in [7, 11) is 0. The van der Waals surface area contributed by atoms with E-state index in [0.717, 1.165) is 25.8 Å². The van der Waals surface area contributed by atoms with Gasteiger partial charge in [0.15, 0.2) is 0 Å². The zero-order chi connectivity index (χ0) is 9.26. The predicted octanol–water partition coefficient (Wildman–Crippen LogP) is 0.879. The van der Waals surface area contributed by atoms with Crippen LogP contribution in [0.2, 0.25) is 0 Å². The molecule has 3 heteroatoms. The largest absolute Gasteiger partial charge is 0.338 e. The van der Waals surface area contributed by atoms with Gasteiger partial charge in [-0.1, -0.05) is 0 Å². The predicted molar refractivity (Wildman–Crippen MR) is 51.2 cm³/mol. The minimum Gasteiger partial charge on any atom is -0.338 e. The first-order valence-electron chi connectivity index (χ1n) is 5.35. The van der Waals surface area contributed by atoms with Crippen molar-refractivity contribution in [3.63, 3.8) is 0 Å². The zero-order valence-corrected chi connectivity index (χ0v) is 8.04. The average molecular weight is 182 g/mol. The fourth-order valence-corrected chi connectivity index (χ4v) is 2.15. The van der Waals surface area contributed by atoms with Gasteiger partial charge in [-0.05, 0) is 38.5 Å². The van der Waals surface area contributed by atoms with Crippen LogP contribution >= 0.6 is 0 Å². The van der Waals surface area contributed by atoms with Crippen LogP contribution in [0.5, 0.6) is 0 Å². The molecule has 1 heterocycles. The Labute approximate surface area is 79.3 Å². The number of nitrogens with zero attached hydrogens (tertiary/aromatic N) is 1. The van der Waals surface area contributed by atoms with Gasteiger partial charge in [-0.25, -0.2) is 0 Å². The maximum atomic E-state index is 11.8. The summed E-state index contributed by atoms with van der Waals surface area (Å²) in [6.07, 6.45) is 6.79. The van der Waals surface area contributed by atoms with Crippen molar-refractivity contribution in [2.75, 3.05) is 6.54 Å².